The van der Waals surface area contributed by atoms with Crippen molar-refractivity contribution < 1.29 is 14.3 Å². The van der Waals surface area contributed by atoms with Gasteiger partial charge in [0.05, 0.1) is 23.9 Å². The molecule has 0 fully saturated rings. The van der Waals surface area contributed by atoms with Gasteiger partial charge in [-0.05, 0) is 12.1 Å². The second kappa shape index (κ2) is 3.57. The molecule has 0 atom stereocenters. The molecule has 0 aliphatic heterocycles. The Morgan fingerprint density at radius 1 is 1.27 bits per heavy atom. The molecule has 0 aliphatic rings. The minimum Gasteiger partial charge on any atom is -0.497 e. The number of carbonyl (C=O) groups excluding carboxylic acids is 2. The van der Waals surface area contributed by atoms with Gasteiger partial charge in [-0.1, -0.05) is 0 Å². The van der Waals surface area contributed by atoms with E-state index >= 15 is 0 Å². The molecule has 0 radical (unpaired) electrons. The zero-order chi connectivity index (χ0) is 10.8. The van der Waals surface area contributed by atoms with Gasteiger partial charge in [0.15, 0.2) is 12.6 Å². The second-order valence-electron chi connectivity index (χ2n) is 3.10. The summed E-state index contributed by atoms with van der Waals surface area (Å²) in [4.78, 5) is 24.4. The van der Waals surface area contributed by atoms with Gasteiger partial charge in [0.1, 0.15) is 5.75 Å². The fourth-order valence-electron chi connectivity index (χ4n) is 1.57. The molecule has 0 bridgehead atoms. The Hall–Kier alpha value is -2.10. The highest BCUT2D eigenvalue weighted by molar-refractivity contribution is 6.04. The Kier molecular flexibility index (Phi) is 2.25. The standard InChI is InChI=1S/C11H9NO3/c1-15-7-2-3-8-9(5-13)11(6-14)12-10(8)4-7/h2-6,12H,1H3. The SMILES string of the molecule is COc1ccc2c(C=O)c(C=O)[nH]c2c1. The van der Waals surface area contributed by atoms with Crippen LogP contribution in [0.25, 0.3) is 10.9 Å². The van der Waals surface area contributed by atoms with E-state index in [-0.39, 0.29) is 0 Å². The zero-order valence-electron chi connectivity index (χ0n) is 8.11. The number of fused-ring (bicyclic) bond motifs is 1. The maximum atomic E-state index is 10.8. The topological polar surface area (TPSA) is 59.2 Å². The molecule has 0 unspecified atom stereocenters. The molecular formula is C11H9NO3. The van der Waals surface area contributed by atoms with E-state index in [0.29, 0.717) is 29.6 Å². The van der Waals surface area contributed by atoms with Gasteiger partial charge in [0.2, 0.25) is 0 Å². The van der Waals surface area contributed by atoms with E-state index in [9.17, 15) is 9.59 Å². The van der Waals surface area contributed by atoms with Gasteiger partial charge < -0.3 is 9.72 Å². The summed E-state index contributed by atoms with van der Waals surface area (Å²) >= 11 is 0. The molecule has 4 heteroatoms. The molecule has 1 aromatic carbocycles. The number of benzene rings is 1. The van der Waals surface area contributed by atoms with Crippen LogP contribution in [0, 0.1) is 0 Å². The lowest BCUT2D eigenvalue weighted by Gasteiger charge is -1.98. The summed E-state index contributed by atoms with van der Waals surface area (Å²) in [6.45, 7) is 0. The van der Waals surface area contributed by atoms with Gasteiger partial charge in [0.25, 0.3) is 0 Å². The fourth-order valence-corrected chi connectivity index (χ4v) is 1.57. The first-order valence-electron chi connectivity index (χ1n) is 4.40. The van der Waals surface area contributed by atoms with Gasteiger partial charge in [-0.3, -0.25) is 9.59 Å². The summed E-state index contributed by atoms with van der Waals surface area (Å²) in [5.74, 6) is 0.679. The highest BCUT2D eigenvalue weighted by Gasteiger charge is 2.10. The molecule has 4 nitrogen and oxygen atoms in total. The Labute approximate surface area is 85.9 Å². The van der Waals surface area contributed by atoms with E-state index in [1.165, 1.54) is 0 Å². The molecule has 0 saturated carbocycles. The lowest BCUT2D eigenvalue weighted by Crippen LogP contribution is -1.85. The Balaban J connectivity index is 2.76. The number of hydrogen-bond donors (Lipinski definition) is 1. The van der Waals surface area contributed by atoms with Crippen molar-refractivity contribution in [1.82, 2.24) is 4.98 Å². The predicted molar refractivity (Wildman–Crippen MR) is 55.6 cm³/mol. The van der Waals surface area contributed by atoms with Crippen LogP contribution in [0.15, 0.2) is 18.2 Å². The quantitative estimate of drug-likeness (QED) is 0.774. The zero-order valence-corrected chi connectivity index (χ0v) is 8.11. The number of ether oxygens (including phenoxy) is 1. The lowest BCUT2D eigenvalue weighted by molar-refractivity contribution is 0.109. The van der Waals surface area contributed by atoms with E-state index in [1.807, 2.05) is 0 Å². The van der Waals surface area contributed by atoms with Crippen LogP contribution in [0.2, 0.25) is 0 Å². The summed E-state index contributed by atoms with van der Waals surface area (Å²) in [5, 5.41) is 0.730. The average molecular weight is 203 g/mol. The molecule has 1 aromatic heterocycles. The summed E-state index contributed by atoms with van der Waals surface area (Å²) in [7, 11) is 1.56. The largest absolute Gasteiger partial charge is 0.497 e. The Bertz CT molecular complexity index is 528. The molecule has 2 aromatic rings. The fraction of sp³-hybridized carbons (Fsp3) is 0.0909. The molecule has 15 heavy (non-hydrogen) atoms. The maximum absolute atomic E-state index is 10.8. The van der Waals surface area contributed by atoms with Crippen LogP contribution in [-0.2, 0) is 0 Å². The van der Waals surface area contributed by atoms with Crippen LogP contribution >= 0.6 is 0 Å². The number of rotatable bonds is 3. The van der Waals surface area contributed by atoms with Crippen LogP contribution in [0.4, 0.5) is 0 Å². The first-order chi connectivity index (χ1) is 7.30. The van der Waals surface area contributed by atoms with Crippen molar-refractivity contribution in [3.63, 3.8) is 0 Å². The van der Waals surface area contributed by atoms with Crippen molar-refractivity contribution in [3.8, 4) is 5.75 Å². The molecule has 0 amide bonds. The van der Waals surface area contributed by atoms with Gasteiger partial charge >= 0.3 is 0 Å². The molecule has 0 saturated heterocycles. The van der Waals surface area contributed by atoms with Gasteiger partial charge in [-0.25, -0.2) is 0 Å². The molecule has 1 N–H and O–H groups in total. The first-order valence-corrected chi connectivity index (χ1v) is 4.40. The summed E-state index contributed by atoms with van der Waals surface area (Å²) in [5.41, 5.74) is 1.41. The molecular weight excluding hydrogens is 194 g/mol. The third-order valence-electron chi connectivity index (χ3n) is 2.31. The molecule has 2 rings (SSSR count). The summed E-state index contributed by atoms with van der Waals surface area (Å²) in [6, 6.07) is 5.24. The van der Waals surface area contributed by atoms with E-state index in [0.717, 1.165) is 10.9 Å². The summed E-state index contributed by atoms with van der Waals surface area (Å²) in [6.07, 6.45) is 1.31. The molecule has 0 aliphatic carbocycles. The van der Waals surface area contributed by atoms with Gasteiger partial charge in [-0.2, -0.15) is 0 Å². The Morgan fingerprint density at radius 3 is 2.67 bits per heavy atom. The summed E-state index contributed by atoms with van der Waals surface area (Å²) < 4.78 is 5.04. The number of nitrogens with one attached hydrogen (secondary N) is 1. The number of aromatic nitrogens is 1. The van der Waals surface area contributed by atoms with Crippen molar-refractivity contribution in [2.45, 2.75) is 0 Å². The van der Waals surface area contributed by atoms with Crippen molar-refractivity contribution in [2.75, 3.05) is 7.11 Å². The second-order valence-corrected chi connectivity index (χ2v) is 3.10. The molecule has 1 heterocycles. The van der Waals surface area contributed by atoms with Crippen LogP contribution in [0.1, 0.15) is 20.8 Å². The lowest BCUT2D eigenvalue weighted by atomic mass is 10.1. The highest BCUT2D eigenvalue weighted by atomic mass is 16.5. The van der Waals surface area contributed by atoms with E-state index < -0.39 is 0 Å². The monoisotopic (exact) mass is 203 g/mol. The van der Waals surface area contributed by atoms with Crippen molar-refractivity contribution in [2.24, 2.45) is 0 Å². The number of H-pyrrole nitrogens is 1. The van der Waals surface area contributed by atoms with E-state index in [2.05, 4.69) is 4.98 Å². The van der Waals surface area contributed by atoms with Crippen molar-refractivity contribution in [1.29, 1.82) is 0 Å². The molecule has 0 spiro atoms. The minimum absolute atomic E-state index is 0.299. The van der Waals surface area contributed by atoms with E-state index in [1.54, 1.807) is 25.3 Å². The highest BCUT2D eigenvalue weighted by Crippen LogP contribution is 2.24. The van der Waals surface area contributed by atoms with Crippen molar-refractivity contribution >= 4 is 23.5 Å². The minimum atomic E-state index is 0.299. The number of methoxy groups -OCH3 is 1. The van der Waals surface area contributed by atoms with Gasteiger partial charge in [0, 0.05) is 11.5 Å². The number of aldehydes is 2. The predicted octanol–water partition coefficient (Wildman–Crippen LogP) is 1.80. The maximum Gasteiger partial charge on any atom is 0.167 e. The van der Waals surface area contributed by atoms with Crippen LogP contribution in [0.5, 0.6) is 5.75 Å². The van der Waals surface area contributed by atoms with E-state index in [4.69, 9.17) is 4.74 Å². The Morgan fingerprint density at radius 2 is 2.07 bits per heavy atom. The normalized spacial score (nSPS) is 10.2. The van der Waals surface area contributed by atoms with Gasteiger partial charge in [-0.15, -0.1) is 0 Å². The van der Waals surface area contributed by atoms with Crippen LogP contribution < -0.4 is 4.74 Å². The molecule has 76 valence electrons. The van der Waals surface area contributed by atoms with Crippen LogP contribution in [-0.4, -0.2) is 24.7 Å². The smallest absolute Gasteiger partial charge is 0.167 e. The number of carbonyl (C=O) groups is 2. The third kappa shape index (κ3) is 1.40. The first kappa shape index (κ1) is 9.45. The van der Waals surface area contributed by atoms with Crippen molar-refractivity contribution in [3.05, 3.63) is 29.5 Å². The number of hydrogen-bond acceptors (Lipinski definition) is 3. The average Bonchev–Trinajstić information content (AvgIpc) is 2.65. The van der Waals surface area contributed by atoms with Crippen LogP contribution in [0.3, 0.4) is 0 Å². The third-order valence-corrected chi connectivity index (χ3v) is 2.31. The number of aromatic amines is 1.